The first-order valence-corrected chi connectivity index (χ1v) is 7.37. The van der Waals surface area contributed by atoms with Gasteiger partial charge in [0.15, 0.2) is 0 Å². The van der Waals surface area contributed by atoms with Gasteiger partial charge in [0.25, 0.3) is 0 Å². The fourth-order valence-electron chi connectivity index (χ4n) is 3.46. The molecule has 0 bridgehead atoms. The molecule has 0 saturated carbocycles. The van der Waals surface area contributed by atoms with Gasteiger partial charge >= 0.3 is 0 Å². The molecule has 1 N–H and O–H groups in total. The van der Waals surface area contributed by atoms with Gasteiger partial charge < -0.3 is 5.32 Å². The molecule has 2 unspecified atom stereocenters. The van der Waals surface area contributed by atoms with Crippen LogP contribution >= 0.6 is 0 Å². The second-order valence-electron chi connectivity index (χ2n) is 5.80. The van der Waals surface area contributed by atoms with Gasteiger partial charge in [-0.05, 0) is 63.2 Å². The first kappa shape index (κ1) is 12.2. The van der Waals surface area contributed by atoms with Crippen LogP contribution in [0.4, 0.5) is 0 Å². The number of rotatable bonds is 2. The van der Waals surface area contributed by atoms with E-state index >= 15 is 0 Å². The van der Waals surface area contributed by atoms with E-state index in [0.717, 1.165) is 6.04 Å². The highest BCUT2D eigenvalue weighted by Crippen LogP contribution is 2.25. The monoisotopic (exact) mass is 244 g/mol. The zero-order chi connectivity index (χ0) is 12.4. The van der Waals surface area contributed by atoms with Crippen molar-refractivity contribution in [1.82, 2.24) is 10.2 Å². The summed E-state index contributed by atoms with van der Waals surface area (Å²) in [7, 11) is 2.31. The Kier molecular flexibility index (Phi) is 3.67. The van der Waals surface area contributed by atoms with E-state index in [1.807, 2.05) is 0 Å². The lowest BCUT2D eigenvalue weighted by molar-refractivity contribution is 0.111. The molecule has 2 atom stereocenters. The highest BCUT2D eigenvalue weighted by atomic mass is 15.3. The van der Waals surface area contributed by atoms with Crippen molar-refractivity contribution in [2.24, 2.45) is 0 Å². The zero-order valence-corrected chi connectivity index (χ0v) is 11.4. The van der Waals surface area contributed by atoms with Gasteiger partial charge in [0, 0.05) is 6.04 Å². The summed E-state index contributed by atoms with van der Waals surface area (Å²) in [5.41, 5.74) is 3.13. The molecule has 3 rings (SSSR count). The van der Waals surface area contributed by atoms with Gasteiger partial charge in [-0.2, -0.15) is 0 Å². The molecule has 0 aromatic heterocycles. The third-order valence-electron chi connectivity index (χ3n) is 4.67. The van der Waals surface area contributed by atoms with Crippen molar-refractivity contribution < 1.29 is 0 Å². The fraction of sp³-hybridized carbons (Fsp3) is 0.625. The van der Waals surface area contributed by atoms with E-state index in [0.29, 0.717) is 6.17 Å². The molecule has 1 aliphatic carbocycles. The van der Waals surface area contributed by atoms with Gasteiger partial charge in [0.1, 0.15) is 0 Å². The summed E-state index contributed by atoms with van der Waals surface area (Å²) in [5, 5.41) is 3.67. The summed E-state index contributed by atoms with van der Waals surface area (Å²) in [6.45, 7) is 1.19. The van der Waals surface area contributed by atoms with Crippen LogP contribution in [0.1, 0.15) is 36.8 Å². The third kappa shape index (κ3) is 2.45. The minimum absolute atomic E-state index is 0.606. The van der Waals surface area contributed by atoms with Crippen LogP contribution in [-0.4, -0.2) is 30.7 Å². The lowest BCUT2D eigenvalue weighted by atomic mass is 9.87. The average Bonchev–Trinajstić information content (AvgIpc) is 2.47. The van der Waals surface area contributed by atoms with Gasteiger partial charge in [-0.3, -0.25) is 4.90 Å². The lowest BCUT2D eigenvalue weighted by Gasteiger charge is -2.39. The van der Waals surface area contributed by atoms with Crippen LogP contribution in [-0.2, 0) is 12.8 Å². The number of piperidine rings is 1. The summed E-state index contributed by atoms with van der Waals surface area (Å²) in [4.78, 5) is 2.59. The average molecular weight is 244 g/mol. The molecule has 0 spiro atoms. The van der Waals surface area contributed by atoms with Crippen molar-refractivity contribution in [3.8, 4) is 0 Å². The van der Waals surface area contributed by atoms with Gasteiger partial charge in [-0.15, -0.1) is 0 Å². The van der Waals surface area contributed by atoms with Gasteiger partial charge in [0.05, 0.1) is 6.17 Å². The Hall–Kier alpha value is -0.860. The Morgan fingerprint density at radius 2 is 1.94 bits per heavy atom. The van der Waals surface area contributed by atoms with E-state index in [9.17, 15) is 0 Å². The third-order valence-corrected chi connectivity index (χ3v) is 4.67. The topological polar surface area (TPSA) is 15.3 Å². The first-order chi connectivity index (χ1) is 8.84. The number of likely N-dealkylation sites (N-methyl/N-ethyl adjacent to an activating group) is 1. The van der Waals surface area contributed by atoms with Crippen molar-refractivity contribution in [1.29, 1.82) is 0 Å². The summed E-state index contributed by atoms with van der Waals surface area (Å²) in [5.74, 6) is 0. The van der Waals surface area contributed by atoms with Crippen LogP contribution in [0.2, 0.25) is 0 Å². The number of hydrogen-bond acceptors (Lipinski definition) is 2. The molecule has 18 heavy (non-hydrogen) atoms. The molecule has 2 nitrogen and oxygen atoms in total. The fourth-order valence-corrected chi connectivity index (χ4v) is 3.46. The molecule has 0 radical (unpaired) electrons. The molecule has 1 saturated heterocycles. The van der Waals surface area contributed by atoms with Crippen LogP contribution in [0.5, 0.6) is 0 Å². The van der Waals surface area contributed by atoms with E-state index in [1.54, 1.807) is 11.1 Å². The van der Waals surface area contributed by atoms with E-state index in [4.69, 9.17) is 0 Å². The lowest BCUT2D eigenvalue weighted by Crippen LogP contribution is -2.51. The van der Waals surface area contributed by atoms with E-state index in [2.05, 4.69) is 41.5 Å². The minimum atomic E-state index is 0.606. The molecule has 0 amide bonds. The molecule has 2 heteroatoms. The molecule has 2 aliphatic rings. The zero-order valence-electron chi connectivity index (χ0n) is 11.4. The molecular formula is C16H24N2. The maximum Gasteiger partial charge on any atom is 0.0597 e. The predicted molar refractivity (Wildman–Crippen MR) is 75.7 cm³/mol. The van der Waals surface area contributed by atoms with Crippen molar-refractivity contribution in [3.63, 3.8) is 0 Å². The number of aryl methyl sites for hydroxylation is 1. The number of hydrogen-bond donors (Lipinski definition) is 1. The summed E-state index contributed by atoms with van der Waals surface area (Å²) < 4.78 is 0. The molecule has 1 heterocycles. The van der Waals surface area contributed by atoms with Crippen LogP contribution < -0.4 is 5.32 Å². The van der Waals surface area contributed by atoms with E-state index in [1.165, 1.54) is 45.1 Å². The number of nitrogens with zero attached hydrogens (tertiary/aromatic N) is 1. The van der Waals surface area contributed by atoms with E-state index in [-0.39, 0.29) is 0 Å². The second-order valence-corrected chi connectivity index (χ2v) is 5.80. The van der Waals surface area contributed by atoms with Crippen molar-refractivity contribution >= 4 is 0 Å². The van der Waals surface area contributed by atoms with Gasteiger partial charge in [0.2, 0.25) is 0 Å². The predicted octanol–water partition coefficient (Wildman–Crippen LogP) is 2.58. The molecular weight excluding hydrogens is 220 g/mol. The summed E-state index contributed by atoms with van der Waals surface area (Å²) in [6, 6.07) is 9.68. The van der Waals surface area contributed by atoms with Gasteiger partial charge in [-0.25, -0.2) is 0 Å². The Balaban J connectivity index is 1.67. The summed E-state index contributed by atoms with van der Waals surface area (Å²) in [6.07, 6.45) is 8.43. The quantitative estimate of drug-likeness (QED) is 0.860. The van der Waals surface area contributed by atoms with Crippen LogP contribution in [0.15, 0.2) is 24.3 Å². The van der Waals surface area contributed by atoms with Crippen molar-refractivity contribution in [2.75, 3.05) is 13.6 Å². The SMILES string of the molecule is CN(C1CCc2ccccc2C1)C1CCCCN1. The van der Waals surface area contributed by atoms with Crippen LogP contribution in [0.25, 0.3) is 0 Å². The maximum atomic E-state index is 3.67. The maximum absolute atomic E-state index is 3.67. The Labute approximate surface area is 110 Å². The Bertz CT molecular complexity index is 396. The number of benzene rings is 1. The summed E-state index contributed by atoms with van der Waals surface area (Å²) >= 11 is 0. The second kappa shape index (κ2) is 5.41. The molecule has 1 aromatic carbocycles. The molecule has 1 aromatic rings. The highest BCUT2D eigenvalue weighted by Gasteiger charge is 2.27. The first-order valence-electron chi connectivity index (χ1n) is 7.37. The number of fused-ring (bicyclic) bond motifs is 1. The van der Waals surface area contributed by atoms with Gasteiger partial charge in [-0.1, -0.05) is 24.3 Å². The molecule has 1 fully saturated rings. The van der Waals surface area contributed by atoms with Crippen molar-refractivity contribution in [3.05, 3.63) is 35.4 Å². The largest absolute Gasteiger partial charge is 0.302 e. The van der Waals surface area contributed by atoms with Crippen LogP contribution in [0, 0.1) is 0 Å². The highest BCUT2D eigenvalue weighted by molar-refractivity contribution is 5.30. The smallest absolute Gasteiger partial charge is 0.0597 e. The minimum Gasteiger partial charge on any atom is -0.302 e. The van der Waals surface area contributed by atoms with Crippen LogP contribution in [0.3, 0.4) is 0 Å². The number of nitrogens with one attached hydrogen (secondary N) is 1. The molecule has 98 valence electrons. The Morgan fingerprint density at radius 3 is 2.72 bits per heavy atom. The van der Waals surface area contributed by atoms with E-state index < -0.39 is 0 Å². The Morgan fingerprint density at radius 1 is 1.11 bits per heavy atom. The standard InChI is InChI=1S/C16H24N2/c1-18(16-8-4-5-11-17-16)15-10-9-13-6-2-3-7-14(13)12-15/h2-3,6-7,15-17H,4-5,8-12H2,1H3. The van der Waals surface area contributed by atoms with Crippen molar-refractivity contribution in [2.45, 2.75) is 50.7 Å². The normalized spacial score (nSPS) is 28.1. The molecule has 1 aliphatic heterocycles.